The Bertz CT molecular complexity index is 1680. The monoisotopic (exact) mass is 451 g/mol. The Balaban J connectivity index is 1.87. The van der Waals surface area contributed by atoms with Crippen LogP contribution >= 0.6 is 0 Å². The number of pyridine rings is 1. The van der Waals surface area contributed by atoms with Crippen molar-refractivity contribution in [2.45, 2.75) is 27.1 Å². The molecule has 0 fully saturated rings. The number of hydrogen-bond donors (Lipinski definition) is 0. The van der Waals surface area contributed by atoms with Gasteiger partial charge in [0.25, 0.3) is 0 Å². The molecule has 0 N–H and O–H groups in total. The maximum Gasteiger partial charge on any atom is 0.216 e. The van der Waals surface area contributed by atoms with Gasteiger partial charge >= 0.3 is 0 Å². The first-order valence-corrected chi connectivity index (χ1v) is 11.3. The molecule has 0 bridgehead atoms. The number of halogens is 1. The molecule has 34 heavy (non-hydrogen) atoms. The Morgan fingerprint density at radius 2 is 1.71 bits per heavy atom. The van der Waals surface area contributed by atoms with Crippen LogP contribution in [0, 0.1) is 25.2 Å². The molecule has 0 aliphatic heterocycles. The van der Waals surface area contributed by atoms with Gasteiger partial charge in [0.1, 0.15) is 18.2 Å². The van der Waals surface area contributed by atoms with Crippen molar-refractivity contribution < 1.29 is 16.1 Å². The van der Waals surface area contributed by atoms with Crippen molar-refractivity contribution in [1.82, 2.24) is 0 Å². The molecule has 0 amide bonds. The molecule has 0 saturated heterocycles. The normalized spacial score (nSPS) is 12.7. The van der Waals surface area contributed by atoms with Crippen molar-refractivity contribution in [3.63, 3.8) is 0 Å². The summed E-state index contributed by atoms with van der Waals surface area (Å²) in [5, 5.41) is 1.78. The van der Waals surface area contributed by atoms with Gasteiger partial charge in [-0.2, -0.15) is 4.57 Å². The van der Waals surface area contributed by atoms with Gasteiger partial charge in [0.2, 0.25) is 11.9 Å². The number of fused-ring (bicyclic) bond motifs is 3. The minimum absolute atomic E-state index is 0.0263. The summed E-state index contributed by atoms with van der Waals surface area (Å²) in [6.07, 6.45) is -0.508. The first-order valence-electron chi connectivity index (χ1n) is 12.3. The summed E-state index contributed by atoms with van der Waals surface area (Å²) in [5.41, 5.74) is 5.77. The second-order valence-electron chi connectivity index (χ2n) is 8.88. The molecule has 0 unspecified atom stereocenters. The molecule has 3 aromatic carbocycles. The highest BCUT2D eigenvalue weighted by Crippen LogP contribution is 2.44. The van der Waals surface area contributed by atoms with Gasteiger partial charge < -0.3 is 4.42 Å². The lowest BCUT2D eigenvalue weighted by Crippen LogP contribution is -2.32. The van der Waals surface area contributed by atoms with E-state index in [1.165, 1.54) is 6.20 Å². The summed E-state index contributed by atoms with van der Waals surface area (Å²) < 4.78 is 40.3. The Morgan fingerprint density at radius 1 is 1.03 bits per heavy atom. The third kappa shape index (κ3) is 3.54. The van der Waals surface area contributed by atoms with Crippen LogP contribution in [0.2, 0.25) is 0 Å². The van der Waals surface area contributed by atoms with Gasteiger partial charge in [0.15, 0.2) is 11.5 Å². The Hall–Kier alpha value is -3.97. The predicted octanol–water partition coefficient (Wildman–Crippen LogP) is 7.94. The molecule has 0 atom stereocenters. The van der Waals surface area contributed by atoms with E-state index >= 15 is 0 Å². The summed E-state index contributed by atoms with van der Waals surface area (Å²) in [6.45, 7) is 13.2. The van der Waals surface area contributed by atoms with Crippen LogP contribution in [0.15, 0.2) is 71.3 Å². The minimum atomic E-state index is -1.84. The number of nitrogens with zero attached hydrogens (tertiary/aromatic N) is 2. The van der Waals surface area contributed by atoms with E-state index in [4.69, 9.17) is 13.7 Å². The molecule has 3 nitrogen and oxygen atoms in total. The molecule has 5 aromatic rings. The largest absolute Gasteiger partial charge is 0.456 e. The van der Waals surface area contributed by atoms with E-state index in [1.807, 2.05) is 61.5 Å². The van der Waals surface area contributed by atoms with E-state index in [2.05, 4.69) is 4.85 Å². The highest BCUT2D eigenvalue weighted by atomic mass is 19.1. The smallest absolute Gasteiger partial charge is 0.216 e. The van der Waals surface area contributed by atoms with E-state index in [-0.39, 0.29) is 5.56 Å². The summed E-state index contributed by atoms with van der Waals surface area (Å²) >= 11 is 0. The van der Waals surface area contributed by atoms with Gasteiger partial charge in [-0.15, -0.1) is 0 Å². The van der Waals surface area contributed by atoms with Crippen LogP contribution in [0.25, 0.3) is 49.2 Å². The highest BCUT2D eigenvalue weighted by molar-refractivity contribution is 6.15. The standard InChI is InChI=1S/C30H26FN2O/c1-18(2)15-21-16-26(33(5)17-24(21)31)27-19(3)11-12-22-23-13-14-25(32-4)28(30(23)34-29(22)27)20-9-7-6-8-10-20/h6-14,16-18H,15H2,1-3,5H3/q+1/i15D2. The van der Waals surface area contributed by atoms with Crippen LogP contribution in [0.3, 0.4) is 0 Å². The fourth-order valence-corrected chi connectivity index (χ4v) is 4.57. The highest BCUT2D eigenvalue weighted by Gasteiger charge is 2.24. The van der Waals surface area contributed by atoms with Crippen LogP contribution in [0.1, 0.15) is 27.7 Å². The van der Waals surface area contributed by atoms with Gasteiger partial charge in [-0.1, -0.05) is 68.4 Å². The van der Waals surface area contributed by atoms with Crippen LogP contribution in [-0.2, 0) is 13.4 Å². The Morgan fingerprint density at radius 3 is 2.38 bits per heavy atom. The molecule has 2 aromatic heterocycles. The van der Waals surface area contributed by atoms with Gasteiger partial charge in [0, 0.05) is 30.7 Å². The molecule has 0 saturated carbocycles. The maximum atomic E-state index is 15.0. The molecule has 168 valence electrons. The number of aryl methyl sites for hydroxylation is 2. The Kier molecular flexibility index (Phi) is 4.83. The van der Waals surface area contributed by atoms with Crippen LogP contribution in [-0.4, -0.2) is 0 Å². The third-order valence-electron chi connectivity index (χ3n) is 6.10. The van der Waals surface area contributed by atoms with Gasteiger partial charge in [-0.25, -0.2) is 9.24 Å². The summed E-state index contributed by atoms with van der Waals surface area (Å²) in [7, 11) is 1.75. The van der Waals surface area contributed by atoms with Crippen molar-refractivity contribution in [1.29, 1.82) is 0 Å². The number of aromatic nitrogens is 1. The number of hydrogen-bond acceptors (Lipinski definition) is 1. The van der Waals surface area contributed by atoms with Crippen LogP contribution in [0.4, 0.5) is 10.1 Å². The second-order valence-corrected chi connectivity index (χ2v) is 8.88. The number of rotatable bonds is 4. The van der Waals surface area contributed by atoms with E-state index in [9.17, 15) is 4.39 Å². The summed E-state index contributed by atoms with van der Waals surface area (Å²) in [5.74, 6) is -0.987. The molecule has 2 heterocycles. The zero-order valence-corrected chi connectivity index (χ0v) is 19.6. The van der Waals surface area contributed by atoms with Crippen molar-refractivity contribution in [2.75, 3.05) is 0 Å². The SMILES string of the molecule is [2H]C([2H])(c1cc(-c2c(C)ccc3c2oc2c(-c4ccccc4)c([N+]#[C-])ccc23)[n+](C)cc1F)C(C)C. The molecule has 4 heteroatoms. The molecule has 0 aliphatic rings. The lowest BCUT2D eigenvalue weighted by atomic mass is 9.96. The number of benzene rings is 3. The lowest BCUT2D eigenvalue weighted by Gasteiger charge is -2.10. The zero-order chi connectivity index (χ0) is 25.8. The average Bonchev–Trinajstić information content (AvgIpc) is 3.22. The quantitative estimate of drug-likeness (QED) is 0.201. The van der Waals surface area contributed by atoms with E-state index in [0.29, 0.717) is 22.5 Å². The molecular weight excluding hydrogens is 423 g/mol. The zero-order valence-electron chi connectivity index (χ0n) is 21.6. The van der Waals surface area contributed by atoms with Gasteiger partial charge in [-0.3, -0.25) is 0 Å². The molecule has 0 radical (unpaired) electrons. The minimum Gasteiger partial charge on any atom is -0.456 e. The van der Waals surface area contributed by atoms with Crippen molar-refractivity contribution in [3.05, 3.63) is 95.2 Å². The van der Waals surface area contributed by atoms with Crippen molar-refractivity contribution >= 4 is 27.6 Å². The third-order valence-corrected chi connectivity index (χ3v) is 6.10. The van der Waals surface area contributed by atoms with Crippen molar-refractivity contribution in [3.8, 4) is 22.4 Å². The van der Waals surface area contributed by atoms with E-state index in [1.54, 1.807) is 31.5 Å². The maximum absolute atomic E-state index is 15.0. The lowest BCUT2D eigenvalue weighted by molar-refractivity contribution is -0.662. The molecule has 0 aliphatic carbocycles. The fraction of sp³-hybridized carbons (Fsp3) is 0.200. The first kappa shape index (κ1) is 19.5. The number of furan rings is 1. The van der Waals surface area contributed by atoms with Crippen LogP contribution in [0.5, 0.6) is 0 Å². The van der Waals surface area contributed by atoms with Gasteiger partial charge in [-0.05, 0) is 30.3 Å². The molecular formula is C30H26FN2O+. The average molecular weight is 452 g/mol. The second kappa shape index (κ2) is 8.43. The summed E-state index contributed by atoms with van der Waals surface area (Å²) in [6, 6.07) is 19.1. The van der Waals surface area contributed by atoms with E-state index in [0.717, 1.165) is 33.0 Å². The Labute approximate surface area is 201 Å². The fourth-order valence-electron chi connectivity index (χ4n) is 4.57. The summed E-state index contributed by atoms with van der Waals surface area (Å²) in [4.78, 5) is 3.75. The van der Waals surface area contributed by atoms with Crippen LogP contribution < -0.4 is 4.57 Å². The van der Waals surface area contributed by atoms with Gasteiger partial charge in [0.05, 0.1) is 12.1 Å². The predicted molar refractivity (Wildman–Crippen MR) is 135 cm³/mol. The molecule has 5 rings (SSSR count). The first-order chi connectivity index (χ1) is 17.1. The van der Waals surface area contributed by atoms with Crippen molar-refractivity contribution in [2.24, 2.45) is 13.0 Å². The topological polar surface area (TPSA) is 21.4 Å². The van der Waals surface area contributed by atoms with E-state index < -0.39 is 18.1 Å². The molecule has 0 spiro atoms.